The highest BCUT2D eigenvalue weighted by Crippen LogP contribution is 2.12. The van der Waals surface area contributed by atoms with Crippen LogP contribution < -0.4 is 10.1 Å². The Morgan fingerprint density at radius 3 is 2.65 bits per heavy atom. The number of hydrogen-bond acceptors (Lipinski definition) is 6. The fourth-order valence-corrected chi connectivity index (χ4v) is 2.00. The minimum absolute atomic E-state index is 0.0866. The Balaban J connectivity index is 2.42. The van der Waals surface area contributed by atoms with Crippen molar-refractivity contribution in [3.63, 3.8) is 0 Å². The van der Waals surface area contributed by atoms with Crippen molar-refractivity contribution in [2.45, 2.75) is 12.6 Å². The van der Waals surface area contributed by atoms with Crippen molar-refractivity contribution < 1.29 is 24.2 Å². The molecule has 0 fully saturated rings. The van der Waals surface area contributed by atoms with Gasteiger partial charge in [0, 0.05) is 13.1 Å². The Morgan fingerprint density at radius 2 is 2.13 bits per heavy atom. The number of methoxy groups -OCH3 is 1. The van der Waals surface area contributed by atoms with Crippen molar-refractivity contribution in [2.24, 2.45) is 0 Å². The Morgan fingerprint density at radius 1 is 1.43 bits per heavy atom. The van der Waals surface area contributed by atoms with E-state index in [1.165, 1.54) is 0 Å². The fraction of sp³-hybridized carbons (Fsp3) is 0.467. The van der Waals surface area contributed by atoms with Gasteiger partial charge in [0.2, 0.25) is 0 Å². The molecule has 0 saturated carbocycles. The summed E-state index contributed by atoms with van der Waals surface area (Å²) < 4.78 is 10.5. The molecule has 0 spiro atoms. The summed E-state index contributed by atoms with van der Waals surface area (Å²) in [5.41, 5.74) is 1.06. The van der Waals surface area contributed by atoms with Crippen molar-refractivity contribution in [3.05, 3.63) is 29.8 Å². The number of nitrogens with one attached hydrogen (secondary N) is 1. The number of nitrogens with zero attached hydrogens (tertiary/aromatic N) is 1. The van der Waals surface area contributed by atoms with E-state index in [9.17, 15) is 9.59 Å². The van der Waals surface area contributed by atoms with E-state index in [-0.39, 0.29) is 6.61 Å². The number of rotatable bonds is 12. The highest BCUT2D eigenvalue weighted by Gasteiger charge is 2.15. The quantitative estimate of drug-likeness (QED) is 0.311. The second-order valence-corrected chi connectivity index (χ2v) is 5.00. The third-order valence-electron chi connectivity index (χ3n) is 3.38. The molecule has 1 rings (SSSR count). The number of carboxylic acid groups (broad SMARTS) is 1. The van der Waals surface area contributed by atoms with E-state index >= 15 is 0 Å². The van der Waals surface area contributed by atoms with Gasteiger partial charge in [-0.15, -0.1) is 0 Å². The Labute approximate surface area is 136 Å². The van der Waals surface area contributed by atoms with Gasteiger partial charge >= 0.3 is 5.97 Å². The lowest BCUT2D eigenvalue weighted by Gasteiger charge is -2.20. The zero-order chi connectivity index (χ0) is 17.1. The predicted octanol–water partition coefficient (Wildman–Crippen LogP) is -0.272. The summed E-state index contributed by atoms with van der Waals surface area (Å²) in [6.07, 6.45) is 0.844. The Hall–Kier alpha value is -1.90. The molecule has 23 heavy (non-hydrogen) atoms. The molecular formula is C15H23BN2O5. The molecule has 0 amide bonds. The van der Waals surface area contributed by atoms with Crippen molar-refractivity contribution in [2.75, 3.05) is 33.9 Å². The van der Waals surface area contributed by atoms with Gasteiger partial charge in [0.05, 0.1) is 26.5 Å². The number of aliphatic carboxylic acids is 1. The van der Waals surface area contributed by atoms with Crippen LogP contribution in [0.15, 0.2) is 24.3 Å². The van der Waals surface area contributed by atoms with Gasteiger partial charge in [-0.2, -0.15) is 0 Å². The number of carbonyl (C=O) groups excluding carboxylic acids is 1. The topological polar surface area (TPSA) is 88.1 Å². The highest BCUT2D eigenvalue weighted by atomic mass is 16.5. The third kappa shape index (κ3) is 7.27. The summed E-state index contributed by atoms with van der Waals surface area (Å²) in [7, 11) is 3.48. The Kier molecular flexibility index (Phi) is 8.97. The summed E-state index contributed by atoms with van der Waals surface area (Å²) in [5.74, 6) is -0.165. The maximum atomic E-state index is 10.8. The molecule has 0 aliphatic rings. The van der Waals surface area contributed by atoms with Gasteiger partial charge in [0.15, 0.2) is 0 Å². The lowest BCUT2D eigenvalue weighted by molar-refractivity contribution is -0.141. The molecule has 0 aliphatic carbocycles. The van der Waals surface area contributed by atoms with Crippen LogP contribution in [0.2, 0.25) is 0 Å². The minimum Gasteiger partial charge on any atom is -0.497 e. The lowest BCUT2D eigenvalue weighted by atomic mass is 9.93. The molecule has 7 nitrogen and oxygen atoms in total. The molecule has 2 N–H and O–H groups in total. The first kappa shape index (κ1) is 19.2. The van der Waals surface area contributed by atoms with Gasteiger partial charge in [0.1, 0.15) is 11.8 Å². The fourth-order valence-electron chi connectivity index (χ4n) is 2.00. The number of carboxylic acids is 1. The van der Waals surface area contributed by atoms with Gasteiger partial charge in [-0.05, 0) is 24.7 Å². The van der Waals surface area contributed by atoms with E-state index in [1.807, 2.05) is 29.1 Å². The third-order valence-corrected chi connectivity index (χ3v) is 3.38. The van der Waals surface area contributed by atoms with Gasteiger partial charge in [-0.25, -0.2) is 0 Å². The largest absolute Gasteiger partial charge is 0.497 e. The monoisotopic (exact) mass is 322 g/mol. The van der Waals surface area contributed by atoms with Crippen LogP contribution in [0.25, 0.3) is 0 Å². The van der Waals surface area contributed by atoms with E-state index in [0.717, 1.165) is 17.5 Å². The molecule has 0 heterocycles. The molecular weight excluding hydrogens is 299 g/mol. The van der Waals surface area contributed by atoms with E-state index in [4.69, 9.17) is 14.6 Å². The van der Waals surface area contributed by atoms with Gasteiger partial charge in [-0.1, -0.05) is 12.1 Å². The summed E-state index contributed by atoms with van der Waals surface area (Å²) >= 11 is 0. The van der Waals surface area contributed by atoms with Crippen LogP contribution in [0.5, 0.6) is 5.75 Å². The highest BCUT2D eigenvalue weighted by molar-refractivity contribution is 6.64. The summed E-state index contributed by atoms with van der Waals surface area (Å²) in [6.45, 7) is 1.60. The van der Waals surface area contributed by atoms with Crippen molar-refractivity contribution >= 4 is 19.6 Å². The first-order chi connectivity index (χ1) is 11.1. The van der Waals surface area contributed by atoms with Crippen LogP contribution in [0.1, 0.15) is 5.56 Å². The van der Waals surface area contributed by atoms with Crippen LogP contribution in [-0.2, 0) is 20.9 Å². The number of benzene rings is 1. The molecule has 8 heteroatoms. The van der Waals surface area contributed by atoms with Gasteiger partial charge in [-0.3, -0.25) is 4.79 Å². The molecule has 1 atom stereocenters. The van der Waals surface area contributed by atoms with E-state index < -0.39 is 12.0 Å². The van der Waals surface area contributed by atoms with Crippen LogP contribution in [0, 0.1) is 0 Å². The average molecular weight is 322 g/mol. The summed E-state index contributed by atoms with van der Waals surface area (Å²) in [6, 6.07) is 6.90. The zero-order valence-electron chi connectivity index (χ0n) is 13.5. The first-order valence-corrected chi connectivity index (χ1v) is 7.37. The van der Waals surface area contributed by atoms with Crippen LogP contribution in [0.3, 0.4) is 0 Å². The van der Waals surface area contributed by atoms with Crippen molar-refractivity contribution in [1.29, 1.82) is 0 Å². The second kappa shape index (κ2) is 10.8. The van der Waals surface area contributed by atoms with E-state index in [1.54, 1.807) is 14.2 Å². The standard InChI is InChI=1S/C15H23BN2O5/c1-17-14(15(20)21)10-23-8-7-18(16-11-19)9-12-3-5-13(22-2)6-4-12/h3-6,11,14,16-17H,7-10H2,1-2H3,(H,20,21)/t14-/m0/s1. The Bertz CT molecular complexity index is 483. The van der Waals surface area contributed by atoms with E-state index in [2.05, 4.69) is 5.32 Å². The van der Waals surface area contributed by atoms with E-state index in [0.29, 0.717) is 27.1 Å². The molecule has 0 saturated heterocycles. The number of hydrogen-bond donors (Lipinski definition) is 2. The zero-order valence-corrected chi connectivity index (χ0v) is 13.5. The van der Waals surface area contributed by atoms with Crippen LogP contribution in [0.4, 0.5) is 0 Å². The van der Waals surface area contributed by atoms with Crippen molar-refractivity contribution in [1.82, 2.24) is 10.1 Å². The number of likely N-dealkylation sites (N-methyl/N-ethyl adjacent to an activating group) is 1. The molecule has 1 aromatic carbocycles. The maximum absolute atomic E-state index is 10.8. The normalized spacial score (nSPS) is 12.0. The molecule has 0 bridgehead atoms. The molecule has 0 aliphatic heterocycles. The van der Waals surface area contributed by atoms with Crippen LogP contribution >= 0.6 is 0 Å². The molecule has 0 aromatic heterocycles. The predicted molar refractivity (Wildman–Crippen MR) is 88.6 cm³/mol. The van der Waals surface area contributed by atoms with Crippen molar-refractivity contribution in [3.8, 4) is 5.75 Å². The second-order valence-electron chi connectivity index (χ2n) is 5.00. The lowest BCUT2D eigenvalue weighted by Crippen LogP contribution is -2.39. The van der Waals surface area contributed by atoms with Gasteiger partial charge < -0.3 is 29.5 Å². The molecule has 126 valence electrons. The molecule has 0 radical (unpaired) electrons. The first-order valence-electron chi connectivity index (χ1n) is 7.37. The summed E-state index contributed by atoms with van der Waals surface area (Å²) in [5, 5.41) is 11.6. The smallest absolute Gasteiger partial charge is 0.323 e. The molecule has 1 aromatic rings. The average Bonchev–Trinajstić information content (AvgIpc) is 2.55. The molecule has 0 unspecified atom stereocenters. The minimum atomic E-state index is -0.949. The summed E-state index contributed by atoms with van der Waals surface area (Å²) in [4.78, 5) is 23.6. The SMILES string of the molecule is CN[C@@H](COCCN(BC=O)Cc1ccc(OC)cc1)C(=O)O. The van der Waals surface area contributed by atoms with Crippen LogP contribution in [-0.4, -0.2) is 69.4 Å². The van der Waals surface area contributed by atoms with Gasteiger partial charge in [0.25, 0.3) is 7.41 Å². The number of carbonyl (C=O) groups is 2. The number of ether oxygens (including phenoxy) is 2. The maximum Gasteiger partial charge on any atom is 0.323 e.